The molecule has 0 fully saturated rings. The number of aryl methyl sites for hydroxylation is 1. The molecule has 2 aromatic carbocycles. The fourth-order valence-corrected chi connectivity index (χ4v) is 4.40. The Morgan fingerprint density at radius 1 is 1.05 bits per heavy atom. The molecule has 242 valence electrons. The Hall–Kier alpha value is -3.50. The lowest BCUT2D eigenvalue weighted by atomic mass is 9.78. The van der Waals surface area contributed by atoms with Crippen LogP contribution in [-0.2, 0) is 37.2 Å². The van der Waals surface area contributed by atoms with Gasteiger partial charge in [-0.15, -0.1) is 0 Å². The van der Waals surface area contributed by atoms with E-state index in [1.165, 1.54) is 12.1 Å². The van der Waals surface area contributed by atoms with Gasteiger partial charge in [-0.3, -0.25) is 14.4 Å². The summed E-state index contributed by atoms with van der Waals surface area (Å²) in [7, 11) is 0.606. The number of amides is 3. The minimum atomic E-state index is -4.22. The van der Waals surface area contributed by atoms with Crippen molar-refractivity contribution in [2.75, 3.05) is 32.0 Å². The number of carbonyl (C=O) groups excluding carboxylic acids is 3. The Labute approximate surface area is 255 Å². The predicted molar refractivity (Wildman–Crippen MR) is 163 cm³/mol. The van der Waals surface area contributed by atoms with Crippen LogP contribution >= 0.6 is 0 Å². The number of fused-ring (bicyclic) bond motifs is 1. The van der Waals surface area contributed by atoms with Crippen molar-refractivity contribution in [1.29, 1.82) is 0 Å². The number of nitrogens with one attached hydrogen (secondary N) is 4. The Morgan fingerprint density at radius 3 is 2.23 bits per heavy atom. The summed E-state index contributed by atoms with van der Waals surface area (Å²) in [5.41, 5.74) is 12.6. The van der Waals surface area contributed by atoms with E-state index in [-0.39, 0.29) is 44.4 Å². The second kappa shape index (κ2) is 16.5. The van der Waals surface area contributed by atoms with Gasteiger partial charge in [-0.05, 0) is 74.6 Å². The van der Waals surface area contributed by atoms with Crippen molar-refractivity contribution in [3.63, 3.8) is 0 Å². The summed E-state index contributed by atoms with van der Waals surface area (Å²) in [6.07, 6.45) is -3.09. The molecule has 1 atom stereocenters. The Morgan fingerprint density at radius 2 is 1.68 bits per heavy atom. The van der Waals surface area contributed by atoms with E-state index in [1.54, 1.807) is 25.2 Å². The van der Waals surface area contributed by atoms with Crippen molar-refractivity contribution in [3.05, 3.63) is 59.2 Å². The summed E-state index contributed by atoms with van der Waals surface area (Å²) in [4.78, 5) is 36.6. The number of hydrogen-bond donors (Lipinski definition) is 7. The lowest BCUT2D eigenvalue weighted by Crippen LogP contribution is -2.47. The van der Waals surface area contributed by atoms with Crippen LogP contribution in [0.2, 0.25) is 0 Å². The highest BCUT2D eigenvalue weighted by Gasteiger charge is 2.40. The van der Waals surface area contributed by atoms with E-state index in [0.717, 1.165) is 29.7 Å². The second-order valence-corrected chi connectivity index (χ2v) is 10.7. The molecule has 44 heavy (non-hydrogen) atoms. The molecule has 0 bridgehead atoms. The van der Waals surface area contributed by atoms with Gasteiger partial charge in [0.2, 0.25) is 17.7 Å². The maximum absolute atomic E-state index is 12.4. The molecular formula is C29H42BF3N6O5. The van der Waals surface area contributed by atoms with Crippen LogP contribution < -0.4 is 38.2 Å². The topological polar surface area (TPSA) is 181 Å². The predicted octanol–water partition coefficient (Wildman–Crippen LogP) is 0.732. The highest BCUT2D eigenvalue weighted by molar-refractivity contribution is 6.62. The van der Waals surface area contributed by atoms with Gasteiger partial charge in [0.1, 0.15) is 0 Å². The standard InChI is InChI=1S/C20H33BN6O5.C9H9F3/c1-20(2)14-8-12(4-5-15(14)21(31)32-20)26-18(29)11-25-19(30)16(24-3)6-7-17(28)27-13(9-22)10-23;1-2-7-3-5-8(6-4-7)9(10,11)12/h4-5,8,13,16,24,31H,6-7,9-11,22-23H2,1-3H3,(H,25,30)(H,26,29)(H,27,28);3-6H,2H2,1H3. The third kappa shape index (κ3) is 10.9. The number of benzene rings is 2. The van der Waals surface area contributed by atoms with E-state index in [0.29, 0.717) is 11.2 Å². The molecule has 1 aliphatic rings. The summed E-state index contributed by atoms with van der Waals surface area (Å²) in [6, 6.07) is 9.40. The summed E-state index contributed by atoms with van der Waals surface area (Å²) < 4.78 is 41.6. The fraction of sp³-hybridized carbons (Fsp3) is 0.483. The van der Waals surface area contributed by atoms with Gasteiger partial charge in [0, 0.05) is 25.2 Å². The molecule has 2 aromatic rings. The van der Waals surface area contributed by atoms with Crippen molar-refractivity contribution < 1.29 is 37.2 Å². The molecule has 1 aliphatic heterocycles. The lowest BCUT2D eigenvalue weighted by Gasteiger charge is -2.20. The zero-order chi connectivity index (χ0) is 33.1. The smallest absolute Gasteiger partial charge is 0.423 e. The first-order valence-corrected chi connectivity index (χ1v) is 14.3. The first-order valence-electron chi connectivity index (χ1n) is 14.3. The molecule has 0 aliphatic carbocycles. The number of anilines is 1. The van der Waals surface area contributed by atoms with Gasteiger partial charge in [-0.2, -0.15) is 13.2 Å². The number of rotatable bonds is 12. The van der Waals surface area contributed by atoms with Crippen LogP contribution in [0.25, 0.3) is 0 Å². The molecule has 1 unspecified atom stereocenters. The molecule has 3 amide bonds. The van der Waals surface area contributed by atoms with Crippen LogP contribution in [0, 0.1) is 0 Å². The number of likely N-dealkylation sites (N-methyl/N-ethyl adjacent to an activating group) is 1. The van der Waals surface area contributed by atoms with Gasteiger partial charge in [-0.1, -0.05) is 25.1 Å². The van der Waals surface area contributed by atoms with Gasteiger partial charge >= 0.3 is 13.3 Å². The molecule has 3 rings (SSSR count). The Bertz CT molecular complexity index is 1260. The van der Waals surface area contributed by atoms with Crippen LogP contribution in [-0.4, -0.2) is 68.6 Å². The minimum absolute atomic E-state index is 0.112. The summed E-state index contributed by atoms with van der Waals surface area (Å²) >= 11 is 0. The van der Waals surface area contributed by atoms with E-state index in [2.05, 4.69) is 21.3 Å². The van der Waals surface area contributed by atoms with Crippen LogP contribution in [0.1, 0.15) is 50.3 Å². The van der Waals surface area contributed by atoms with Gasteiger partial charge in [0.25, 0.3) is 0 Å². The van der Waals surface area contributed by atoms with E-state index in [4.69, 9.17) is 16.1 Å². The summed E-state index contributed by atoms with van der Waals surface area (Å²) in [6.45, 7) is 5.82. The fourth-order valence-electron chi connectivity index (χ4n) is 4.40. The van der Waals surface area contributed by atoms with Crippen LogP contribution in [0.3, 0.4) is 0 Å². The van der Waals surface area contributed by atoms with Crippen molar-refractivity contribution in [3.8, 4) is 0 Å². The summed E-state index contributed by atoms with van der Waals surface area (Å²) in [5, 5.41) is 20.8. The maximum Gasteiger partial charge on any atom is 0.492 e. The van der Waals surface area contributed by atoms with Gasteiger partial charge < -0.3 is 42.4 Å². The van der Waals surface area contributed by atoms with Gasteiger partial charge in [0.15, 0.2) is 0 Å². The first-order chi connectivity index (χ1) is 20.6. The molecule has 0 spiro atoms. The SMILES string of the molecule is CCc1ccc(C(F)(F)F)cc1.CNC(CCC(=O)NC(CN)CN)C(=O)NCC(=O)Nc1ccc2c(c1)C(C)(C)OB2O. The number of hydrogen-bond acceptors (Lipinski definition) is 8. The minimum Gasteiger partial charge on any atom is -0.423 e. The molecule has 0 saturated carbocycles. The zero-order valence-corrected chi connectivity index (χ0v) is 25.4. The molecule has 15 heteroatoms. The second-order valence-electron chi connectivity index (χ2n) is 10.7. The normalized spacial score (nSPS) is 14.3. The van der Waals surface area contributed by atoms with E-state index < -0.39 is 42.3 Å². The third-order valence-electron chi connectivity index (χ3n) is 7.03. The number of nitrogens with two attached hydrogens (primary N) is 2. The number of alkyl halides is 3. The Kier molecular flexibility index (Phi) is 13.8. The molecule has 1 heterocycles. The van der Waals surface area contributed by atoms with Crippen molar-refractivity contribution in [2.24, 2.45) is 11.5 Å². The van der Waals surface area contributed by atoms with E-state index >= 15 is 0 Å². The molecule has 9 N–H and O–H groups in total. The number of carbonyl (C=O) groups is 3. The van der Waals surface area contributed by atoms with Crippen molar-refractivity contribution in [1.82, 2.24) is 16.0 Å². The lowest BCUT2D eigenvalue weighted by molar-refractivity contribution is -0.137. The average Bonchev–Trinajstić information content (AvgIpc) is 3.21. The Balaban J connectivity index is 0.000000469. The van der Waals surface area contributed by atoms with E-state index in [9.17, 15) is 32.6 Å². The van der Waals surface area contributed by atoms with Crippen molar-refractivity contribution in [2.45, 2.75) is 63.9 Å². The zero-order valence-electron chi connectivity index (χ0n) is 25.4. The summed E-state index contributed by atoms with van der Waals surface area (Å²) in [5.74, 6) is -1.04. The highest BCUT2D eigenvalue weighted by Crippen LogP contribution is 2.31. The molecule has 0 aromatic heterocycles. The number of halogens is 3. The van der Waals surface area contributed by atoms with Gasteiger partial charge in [0.05, 0.1) is 29.8 Å². The largest absolute Gasteiger partial charge is 0.492 e. The molecule has 0 radical (unpaired) electrons. The third-order valence-corrected chi connectivity index (χ3v) is 7.03. The first kappa shape index (κ1) is 36.7. The quantitative estimate of drug-likeness (QED) is 0.169. The average molecular weight is 622 g/mol. The van der Waals surface area contributed by atoms with Crippen LogP contribution in [0.5, 0.6) is 0 Å². The van der Waals surface area contributed by atoms with E-state index in [1.807, 2.05) is 20.8 Å². The van der Waals surface area contributed by atoms with Crippen LogP contribution in [0.15, 0.2) is 42.5 Å². The molecular weight excluding hydrogens is 580 g/mol. The van der Waals surface area contributed by atoms with Crippen molar-refractivity contribution >= 4 is 36.0 Å². The highest BCUT2D eigenvalue weighted by atomic mass is 19.4. The monoisotopic (exact) mass is 622 g/mol. The van der Waals surface area contributed by atoms with Crippen LogP contribution in [0.4, 0.5) is 18.9 Å². The molecule has 11 nitrogen and oxygen atoms in total. The van der Waals surface area contributed by atoms with Gasteiger partial charge in [-0.25, -0.2) is 0 Å². The molecule has 0 saturated heterocycles. The maximum atomic E-state index is 12.4.